The van der Waals surface area contributed by atoms with E-state index in [0.717, 1.165) is 89.9 Å². The summed E-state index contributed by atoms with van der Waals surface area (Å²) in [4.78, 5) is 38.5. The number of carbonyl (C=O) groups excluding carboxylic acids is 3. The molecule has 0 fully saturated rings. The predicted octanol–water partition coefficient (Wildman–Crippen LogP) is 24.8. The van der Waals surface area contributed by atoms with E-state index in [2.05, 4.69) is 93.7 Å². The molecule has 1 unspecified atom stereocenters. The SMILES string of the molecule is CCCC/C=C\C/C=C\CCCCCCCC(=O)OCC(COC(=O)CCCCCCCCCCCC/C=C\C/C=C\C/C=C\CCCCCCC)OC(=O)CCCCCCCCCCCCCCC/C=C\CCCCCCCCCC. The molecule has 0 aliphatic carbocycles. The summed E-state index contributed by atoms with van der Waals surface area (Å²) in [5.74, 6) is -0.878. The van der Waals surface area contributed by atoms with Gasteiger partial charge in [-0.1, -0.05) is 318 Å². The third-order valence-corrected chi connectivity index (χ3v) is 15.9. The molecule has 82 heavy (non-hydrogen) atoms. The number of ether oxygens (including phenoxy) is 3. The highest BCUT2D eigenvalue weighted by Gasteiger charge is 2.19. The van der Waals surface area contributed by atoms with Crippen LogP contribution in [0.1, 0.15) is 374 Å². The summed E-state index contributed by atoms with van der Waals surface area (Å²) in [5, 5.41) is 0. The summed E-state index contributed by atoms with van der Waals surface area (Å²) in [6.45, 7) is 6.63. The van der Waals surface area contributed by atoms with Crippen molar-refractivity contribution in [1.82, 2.24) is 0 Å². The van der Waals surface area contributed by atoms with Crippen molar-refractivity contribution in [2.75, 3.05) is 13.2 Å². The Kier molecular flexibility index (Phi) is 67.6. The lowest BCUT2D eigenvalue weighted by Gasteiger charge is -2.18. The second-order valence-corrected chi connectivity index (χ2v) is 24.1. The number of allylic oxidation sites excluding steroid dienone is 12. The number of hydrogen-bond donors (Lipinski definition) is 0. The van der Waals surface area contributed by atoms with Gasteiger partial charge in [-0.25, -0.2) is 0 Å². The van der Waals surface area contributed by atoms with Crippen molar-refractivity contribution in [3.05, 3.63) is 72.9 Å². The summed E-state index contributed by atoms with van der Waals surface area (Å²) < 4.78 is 17.0. The average molecular weight is 1150 g/mol. The smallest absolute Gasteiger partial charge is 0.306 e. The van der Waals surface area contributed by atoms with E-state index >= 15 is 0 Å². The van der Waals surface area contributed by atoms with E-state index in [9.17, 15) is 14.4 Å². The standard InChI is InChI=1S/C76H136O6/c1-4-7-10-13-16-19-22-25-28-30-32-34-36-38-40-42-44-46-48-51-54-57-60-63-66-69-75(78)81-72-73(71-80-74(77)68-65-62-59-56-53-50-27-24-21-18-15-12-9-6-3)82-76(79)70-67-64-61-58-55-52-49-47-45-43-41-39-37-35-33-31-29-26-23-20-17-14-11-8-5-2/h15,18,22,24-25,27,30-33,36,38,73H,4-14,16-17,19-21,23,26,28-29,34-35,37,39-72H2,1-3H3/b18-15-,25-22-,27-24-,32-30-,33-31-,38-36-. The molecule has 476 valence electrons. The number of rotatable bonds is 66. The molecule has 0 aromatic rings. The fraction of sp³-hybridized carbons (Fsp3) is 0.803. The third-order valence-electron chi connectivity index (χ3n) is 15.9. The minimum absolute atomic E-state index is 0.0798. The molecule has 0 saturated heterocycles. The fourth-order valence-electron chi connectivity index (χ4n) is 10.5. The molecule has 6 nitrogen and oxygen atoms in total. The number of carbonyl (C=O) groups is 3. The molecular formula is C76H136O6. The van der Waals surface area contributed by atoms with Crippen LogP contribution in [0, 0.1) is 0 Å². The number of hydrogen-bond acceptors (Lipinski definition) is 6. The van der Waals surface area contributed by atoms with E-state index in [1.54, 1.807) is 0 Å². The average Bonchev–Trinajstić information content (AvgIpc) is 3.48. The second kappa shape index (κ2) is 70.3. The second-order valence-electron chi connectivity index (χ2n) is 24.1. The highest BCUT2D eigenvalue weighted by molar-refractivity contribution is 5.71. The van der Waals surface area contributed by atoms with Crippen LogP contribution in [0.2, 0.25) is 0 Å². The first-order valence-corrected chi connectivity index (χ1v) is 35.9. The quantitative estimate of drug-likeness (QED) is 0.0261. The number of unbranched alkanes of at least 4 members (excludes halogenated alkanes) is 43. The maximum atomic E-state index is 13.0. The summed E-state index contributed by atoms with van der Waals surface area (Å²) >= 11 is 0. The molecule has 0 radical (unpaired) electrons. The van der Waals surface area contributed by atoms with Crippen LogP contribution in [0.25, 0.3) is 0 Å². The fourth-order valence-corrected chi connectivity index (χ4v) is 10.5. The first-order chi connectivity index (χ1) is 40.5. The third kappa shape index (κ3) is 67.6. The molecule has 0 aliphatic heterocycles. The van der Waals surface area contributed by atoms with Gasteiger partial charge in [0.2, 0.25) is 0 Å². The van der Waals surface area contributed by atoms with Crippen LogP contribution in [0.4, 0.5) is 0 Å². The largest absolute Gasteiger partial charge is 0.462 e. The van der Waals surface area contributed by atoms with Crippen molar-refractivity contribution in [3.63, 3.8) is 0 Å². The summed E-state index contributed by atoms with van der Waals surface area (Å²) in [6.07, 6.45) is 92.1. The van der Waals surface area contributed by atoms with Crippen LogP contribution in [0.15, 0.2) is 72.9 Å². The van der Waals surface area contributed by atoms with Crippen molar-refractivity contribution >= 4 is 17.9 Å². The molecule has 0 bridgehead atoms. The van der Waals surface area contributed by atoms with Gasteiger partial charge in [0.1, 0.15) is 13.2 Å². The Labute approximate surface area is 510 Å². The first kappa shape index (κ1) is 78.8. The topological polar surface area (TPSA) is 78.9 Å². The molecule has 0 heterocycles. The summed E-state index contributed by atoms with van der Waals surface area (Å²) in [7, 11) is 0. The zero-order valence-corrected chi connectivity index (χ0v) is 54.8. The van der Waals surface area contributed by atoms with Crippen molar-refractivity contribution in [2.45, 2.75) is 380 Å². The van der Waals surface area contributed by atoms with Crippen LogP contribution in [0.3, 0.4) is 0 Å². The van der Waals surface area contributed by atoms with Gasteiger partial charge in [0.15, 0.2) is 6.10 Å². The minimum atomic E-state index is -0.785. The molecular weight excluding hydrogens is 1010 g/mol. The van der Waals surface area contributed by atoms with E-state index in [0.29, 0.717) is 19.3 Å². The van der Waals surface area contributed by atoms with Crippen molar-refractivity contribution in [3.8, 4) is 0 Å². The molecule has 0 N–H and O–H groups in total. The summed E-state index contributed by atoms with van der Waals surface area (Å²) in [5.41, 5.74) is 0. The van der Waals surface area contributed by atoms with Gasteiger partial charge in [-0.05, 0) is 109 Å². The Bertz CT molecular complexity index is 1500. The zero-order chi connectivity index (χ0) is 59.2. The van der Waals surface area contributed by atoms with Crippen LogP contribution >= 0.6 is 0 Å². The van der Waals surface area contributed by atoms with E-state index in [1.165, 1.54) is 244 Å². The van der Waals surface area contributed by atoms with Gasteiger partial charge < -0.3 is 14.2 Å². The van der Waals surface area contributed by atoms with Gasteiger partial charge in [0, 0.05) is 19.3 Å². The van der Waals surface area contributed by atoms with Crippen molar-refractivity contribution in [2.24, 2.45) is 0 Å². The van der Waals surface area contributed by atoms with Crippen LogP contribution in [0.5, 0.6) is 0 Å². The normalized spacial score (nSPS) is 12.5. The highest BCUT2D eigenvalue weighted by atomic mass is 16.6. The van der Waals surface area contributed by atoms with Gasteiger partial charge in [-0.3, -0.25) is 14.4 Å². The Hall–Kier alpha value is -3.15. The highest BCUT2D eigenvalue weighted by Crippen LogP contribution is 2.17. The minimum Gasteiger partial charge on any atom is -0.462 e. The molecule has 0 aromatic heterocycles. The van der Waals surface area contributed by atoms with E-state index in [1.807, 2.05) is 0 Å². The molecule has 0 aliphatic rings. The van der Waals surface area contributed by atoms with Gasteiger partial charge in [-0.15, -0.1) is 0 Å². The van der Waals surface area contributed by atoms with Gasteiger partial charge in [0.05, 0.1) is 0 Å². The maximum absolute atomic E-state index is 13.0. The number of esters is 3. The summed E-state index contributed by atoms with van der Waals surface area (Å²) in [6, 6.07) is 0. The zero-order valence-electron chi connectivity index (χ0n) is 54.8. The van der Waals surface area contributed by atoms with Crippen LogP contribution in [-0.2, 0) is 28.6 Å². The Morgan fingerprint density at radius 3 is 0.732 bits per heavy atom. The lowest BCUT2D eigenvalue weighted by Crippen LogP contribution is -2.30. The monoisotopic (exact) mass is 1150 g/mol. The molecule has 0 amide bonds. The predicted molar refractivity (Wildman–Crippen MR) is 358 cm³/mol. The molecule has 0 aromatic carbocycles. The van der Waals surface area contributed by atoms with E-state index in [4.69, 9.17) is 14.2 Å². The lowest BCUT2D eigenvalue weighted by atomic mass is 10.0. The van der Waals surface area contributed by atoms with E-state index < -0.39 is 6.10 Å². The van der Waals surface area contributed by atoms with Crippen molar-refractivity contribution < 1.29 is 28.6 Å². The van der Waals surface area contributed by atoms with E-state index in [-0.39, 0.29) is 31.1 Å². The molecule has 6 heteroatoms. The van der Waals surface area contributed by atoms with Gasteiger partial charge in [0.25, 0.3) is 0 Å². The molecule has 0 saturated carbocycles. The molecule has 1 atom stereocenters. The van der Waals surface area contributed by atoms with Crippen molar-refractivity contribution in [1.29, 1.82) is 0 Å². The van der Waals surface area contributed by atoms with Crippen LogP contribution < -0.4 is 0 Å². The van der Waals surface area contributed by atoms with Gasteiger partial charge >= 0.3 is 17.9 Å². The Morgan fingerprint density at radius 1 is 0.244 bits per heavy atom. The van der Waals surface area contributed by atoms with Crippen LogP contribution in [-0.4, -0.2) is 37.2 Å². The lowest BCUT2D eigenvalue weighted by molar-refractivity contribution is -0.167. The Balaban J connectivity index is 4.29. The molecule has 0 spiro atoms. The maximum Gasteiger partial charge on any atom is 0.306 e. The first-order valence-electron chi connectivity index (χ1n) is 35.9. The Morgan fingerprint density at radius 2 is 0.451 bits per heavy atom. The van der Waals surface area contributed by atoms with Gasteiger partial charge in [-0.2, -0.15) is 0 Å². The molecule has 0 rings (SSSR count).